The topological polar surface area (TPSA) is 111 Å². The molecule has 9 nitrogen and oxygen atoms in total. The zero-order valence-electron chi connectivity index (χ0n) is 12.9. The van der Waals surface area contributed by atoms with E-state index in [2.05, 4.69) is 35.6 Å². The number of halogens is 1. The monoisotopic (exact) mass is 384 g/mol. The second-order valence-electron chi connectivity index (χ2n) is 4.93. The van der Waals surface area contributed by atoms with E-state index in [4.69, 9.17) is 11.6 Å². The minimum Gasteiger partial charge on any atom is -0.296 e. The van der Waals surface area contributed by atoms with E-state index in [0.29, 0.717) is 21.5 Å². The largest absolute Gasteiger partial charge is 0.296 e. The third kappa shape index (κ3) is 3.27. The fourth-order valence-electron chi connectivity index (χ4n) is 2.08. The summed E-state index contributed by atoms with van der Waals surface area (Å²) in [6.07, 6.45) is 5.98. The van der Waals surface area contributed by atoms with Crippen LogP contribution in [-0.2, 0) is 0 Å². The van der Waals surface area contributed by atoms with E-state index in [1.165, 1.54) is 22.2 Å². The van der Waals surface area contributed by atoms with Gasteiger partial charge in [0.05, 0.1) is 16.9 Å². The Morgan fingerprint density at radius 3 is 2.73 bits per heavy atom. The number of rotatable bonds is 4. The minimum absolute atomic E-state index is 0.192. The van der Waals surface area contributed by atoms with Gasteiger partial charge >= 0.3 is 0 Å². The molecule has 0 spiro atoms. The van der Waals surface area contributed by atoms with Gasteiger partial charge in [0, 0.05) is 24.0 Å². The Morgan fingerprint density at radius 1 is 1.12 bits per heavy atom. The third-order valence-corrected chi connectivity index (χ3v) is 4.22. The molecule has 0 unspecified atom stereocenters. The summed E-state index contributed by atoms with van der Waals surface area (Å²) in [6, 6.07) is 5.16. The predicted octanol–water partition coefficient (Wildman–Crippen LogP) is 2.48. The lowest BCUT2D eigenvalue weighted by Gasteiger charge is -2.03. The molecule has 0 aliphatic heterocycles. The molecule has 4 rings (SSSR count). The third-order valence-electron chi connectivity index (χ3n) is 3.24. The van der Waals surface area contributed by atoms with Gasteiger partial charge in [-0.3, -0.25) is 15.1 Å². The molecule has 0 aliphatic rings. The van der Waals surface area contributed by atoms with E-state index in [0.717, 1.165) is 0 Å². The van der Waals surface area contributed by atoms with Crippen LogP contribution < -0.4 is 5.32 Å². The van der Waals surface area contributed by atoms with Crippen molar-refractivity contribution in [2.45, 2.75) is 0 Å². The fourth-order valence-corrected chi connectivity index (χ4v) is 2.89. The summed E-state index contributed by atoms with van der Waals surface area (Å²) in [7, 11) is 0. The Bertz CT molecular complexity index is 1050. The maximum absolute atomic E-state index is 12.5. The smallest absolute Gasteiger partial charge is 0.277 e. The number of aromatic nitrogens is 7. The predicted molar refractivity (Wildman–Crippen MR) is 95.3 cm³/mol. The second kappa shape index (κ2) is 6.94. The molecule has 0 bridgehead atoms. The van der Waals surface area contributed by atoms with E-state index in [9.17, 15) is 4.79 Å². The number of carbonyl (C=O) groups excluding carboxylic acids is 1. The highest BCUT2D eigenvalue weighted by molar-refractivity contribution is 7.14. The van der Waals surface area contributed by atoms with Gasteiger partial charge < -0.3 is 0 Å². The van der Waals surface area contributed by atoms with E-state index in [1.807, 2.05) is 0 Å². The van der Waals surface area contributed by atoms with Crippen LogP contribution >= 0.6 is 22.9 Å². The first-order chi connectivity index (χ1) is 12.7. The molecule has 128 valence electrons. The first-order valence-corrected chi connectivity index (χ1v) is 8.53. The Balaban J connectivity index is 1.55. The fraction of sp³-hybridized carbons (Fsp3) is 0. The lowest BCUT2D eigenvalue weighted by Crippen LogP contribution is -2.18. The first-order valence-electron chi connectivity index (χ1n) is 7.27. The minimum atomic E-state index is -0.424. The van der Waals surface area contributed by atoms with Crippen LogP contribution in [0.1, 0.15) is 10.5 Å². The summed E-state index contributed by atoms with van der Waals surface area (Å²) < 4.78 is 1.25. The Morgan fingerprint density at radius 2 is 1.96 bits per heavy atom. The van der Waals surface area contributed by atoms with Gasteiger partial charge in [-0.15, -0.1) is 16.4 Å². The van der Waals surface area contributed by atoms with Crippen molar-refractivity contribution in [3.63, 3.8) is 0 Å². The standard InChI is InChI=1S/C15H9ClN8OS/c16-9-2-3-10(19-6-9)11-8-26-15(21-11)22-13(25)12-7-20-23-24(12)14-17-4-1-5-18-14/h1-8H,(H,21,22,25). The highest BCUT2D eigenvalue weighted by Crippen LogP contribution is 2.24. The first kappa shape index (κ1) is 16.2. The molecule has 11 heteroatoms. The number of thiazole rings is 1. The van der Waals surface area contributed by atoms with E-state index in [-0.39, 0.29) is 11.6 Å². The highest BCUT2D eigenvalue weighted by atomic mass is 35.5. The number of nitrogens with zero attached hydrogens (tertiary/aromatic N) is 7. The summed E-state index contributed by atoms with van der Waals surface area (Å²) in [5, 5.41) is 13.1. The Kier molecular flexibility index (Phi) is 4.33. The molecule has 0 aromatic carbocycles. The summed E-state index contributed by atoms with van der Waals surface area (Å²) in [5.74, 6) is -0.173. The van der Waals surface area contributed by atoms with Crippen molar-refractivity contribution in [1.82, 2.24) is 34.9 Å². The maximum atomic E-state index is 12.5. The molecule has 0 aliphatic carbocycles. The van der Waals surface area contributed by atoms with Crippen molar-refractivity contribution >= 4 is 34.0 Å². The summed E-state index contributed by atoms with van der Waals surface area (Å²) >= 11 is 7.11. The molecule has 4 aromatic heterocycles. The molecular weight excluding hydrogens is 376 g/mol. The lowest BCUT2D eigenvalue weighted by atomic mass is 10.3. The van der Waals surface area contributed by atoms with Crippen LogP contribution in [0.5, 0.6) is 0 Å². The zero-order chi connectivity index (χ0) is 17.9. The van der Waals surface area contributed by atoms with Gasteiger partial charge in [-0.2, -0.15) is 4.68 Å². The van der Waals surface area contributed by atoms with Crippen molar-refractivity contribution in [2.24, 2.45) is 0 Å². The molecule has 0 saturated heterocycles. The van der Waals surface area contributed by atoms with Crippen molar-refractivity contribution in [2.75, 3.05) is 5.32 Å². The molecule has 0 saturated carbocycles. The number of hydrogen-bond acceptors (Lipinski definition) is 8. The van der Waals surface area contributed by atoms with Crippen molar-refractivity contribution in [3.05, 3.63) is 59.1 Å². The molecule has 4 heterocycles. The van der Waals surface area contributed by atoms with E-state index in [1.54, 1.807) is 42.2 Å². The molecular formula is C15H9ClN8OS. The number of hydrogen-bond donors (Lipinski definition) is 1. The summed E-state index contributed by atoms with van der Waals surface area (Å²) in [5.41, 5.74) is 1.49. The summed E-state index contributed by atoms with van der Waals surface area (Å²) in [4.78, 5) is 29.2. The van der Waals surface area contributed by atoms with E-state index >= 15 is 0 Å². The molecule has 1 N–H and O–H groups in total. The molecule has 26 heavy (non-hydrogen) atoms. The van der Waals surface area contributed by atoms with Gasteiger partial charge in [-0.05, 0) is 18.2 Å². The summed E-state index contributed by atoms with van der Waals surface area (Å²) in [6.45, 7) is 0. The van der Waals surface area contributed by atoms with Crippen LogP contribution in [0.25, 0.3) is 17.3 Å². The van der Waals surface area contributed by atoms with Crippen molar-refractivity contribution in [1.29, 1.82) is 0 Å². The normalized spacial score (nSPS) is 10.7. The van der Waals surface area contributed by atoms with E-state index < -0.39 is 5.91 Å². The average Bonchev–Trinajstić information content (AvgIpc) is 3.32. The van der Waals surface area contributed by atoms with Crippen LogP contribution in [0.2, 0.25) is 5.02 Å². The molecule has 0 atom stereocenters. The second-order valence-corrected chi connectivity index (χ2v) is 6.23. The molecule has 1 amide bonds. The average molecular weight is 385 g/mol. The van der Waals surface area contributed by atoms with Crippen molar-refractivity contribution < 1.29 is 4.79 Å². The van der Waals surface area contributed by atoms with Crippen molar-refractivity contribution in [3.8, 4) is 17.3 Å². The van der Waals surface area contributed by atoms with Gasteiger partial charge in [0.25, 0.3) is 11.9 Å². The zero-order valence-corrected chi connectivity index (χ0v) is 14.5. The molecule has 0 radical (unpaired) electrons. The van der Waals surface area contributed by atoms with Crippen LogP contribution in [0.4, 0.5) is 5.13 Å². The van der Waals surface area contributed by atoms with Gasteiger partial charge in [0.2, 0.25) is 0 Å². The number of carbonyl (C=O) groups is 1. The maximum Gasteiger partial charge on any atom is 0.277 e. The van der Waals surface area contributed by atoms with Gasteiger partial charge in [-0.25, -0.2) is 15.0 Å². The van der Waals surface area contributed by atoms with Crippen LogP contribution in [-0.4, -0.2) is 40.8 Å². The highest BCUT2D eigenvalue weighted by Gasteiger charge is 2.18. The number of pyridine rings is 1. The number of nitrogens with one attached hydrogen (secondary N) is 1. The SMILES string of the molecule is O=C(Nc1nc(-c2ccc(Cl)cn2)cs1)c1cnnn1-c1ncccn1. The molecule has 0 fully saturated rings. The quantitative estimate of drug-likeness (QED) is 0.575. The van der Waals surface area contributed by atoms with Crippen LogP contribution in [0.3, 0.4) is 0 Å². The lowest BCUT2D eigenvalue weighted by molar-refractivity contribution is 0.101. The van der Waals surface area contributed by atoms with Gasteiger partial charge in [0.1, 0.15) is 5.69 Å². The van der Waals surface area contributed by atoms with Gasteiger partial charge in [-0.1, -0.05) is 16.8 Å². The number of anilines is 1. The Hall–Kier alpha value is -3.24. The number of amides is 1. The van der Waals surface area contributed by atoms with Crippen LogP contribution in [0.15, 0.2) is 48.4 Å². The Labute approximate surface area is 155 Å². The van der Waals surface area contributed by atoms with Gasteiger partial charge in [0.15, 0.2) is 10.8 Å². The molecule has 4 aromatic rings. The van der Waals surface area contributed by atoms with Crippen LogP contribution in [0, 0.1) is 0 Å².